The molecule has 1 aliphatic rings. The average molecular weight is 414 g/mol. The SMILES string of the molecule is Cc1cc(NC(=O)C2(c3ccc(Cl)cc3)CCCCC2)cc(C)c1OCC(C)C. The van der Waals surface area contributed by atoms with E-state index in [9.17, 15) is 4.79 Å². The molecule has 156 valence electrons. The van der Waals surface area contributed by atoms with Gasteiger partial charge in [-0.3, -0.25) is 4.79 Å². The Bertz CT molecular complexity index is 829. The van der Waals surface area contributed by atoms with E-state index in [-0.39, 0.29) is 5.91 Å². The second-order valence-corrected chi connectivity index (χ2v) is 9.18. The van der Waals surface area contributed by atoms with Crippen molar-refractivity contribution in [1.82, 2.24) is 0 Å². The monoisotopic (exact) mass is 413 g/mol. The van der Waals surface area contributed by atoms with Gasteiger partial charge in [-0.2, -0.15) is 0 Å². The molecule has 29 heavy (non-hydrogen) atoms. The maximum Gasteiger partial charge on any atom is 0.235 e. The highest BCUT2D eigenvalue weighted by Crippen LogP contribution is 2.41. The van der Waals surface area contributed by atoms with Crippen molar-refractivity contribution in [3.8, 4) is 5.75 Å². The number of hydrogen-bond acceptors (Lipinski definition) is 2. The van der Waals surface area contributed by atoms with E-state index in [4.69, 9.17) is 16.3 Å². The molecule has 0 atom stereocenters. The molecule has 0 heterocycles. The third-order valence-corrected chi connectivity index (χ3v) is 6.07. The van der Waals surface area contributed by atoms with Gasteiger partial charge in [0, 0.05) is 10.7 Å². The molecule has 2 aromatic rings. The van der Waals surface area contributed by atoms with Gasteiger partial charge in [-0.15, -0.1) is 0 Å². The number of anilines is 1. The first kappa shape index (κ1) is 21.7. The van der Waals surface area contributed by atoms with E-state index >= 15 is 0 Å². The lowest BCUT2D eigenvalue weighted by molar-refractivity contribution is -0.122. The van der Waals surface area contributed by atoms with E-state index < -0.39 is 5.41 Å². The Hall–Kier alpha value is -2.00. The first-order valence-corrected chi connectivity index (χ1v) is 11.0. The molecule has 0 unspecified atom stereocenters. The zero-order valence-electron chi connectivity index (χ0n) is 18.0. The summed E-state index contributed by atoms with van der Waals surface area (Å²) in [6.07, 6.45) is 5.05. The molecule has 3 nitrogen and oxygen atoms in total. The summed E-state index contributed by atoms with van der Waals surface area (Å²) in [5.41, 5.74) is 3.50. The molecular weight excluding hydrogens is 382 g/mol. The second kappa shape index (κ2) is 9.21. The predicted molar refractivity (Wildman–Crippen MR) is 121 cm³/mol. The van der Waals surface area contributed by atoms with Gasteiger partial charge in [0.15, 0.2) is 0 Å². The summed E-state index contributed by atoms with van der Waals surface area (Å²) in [6.45, 7) is 9.04. The van der Waals surface area contributed by atoms with Crippen LogP contribution in [0.5, 0.6) is 5.75 Å². The highest BCUT2D eigenvalue weighted by atomic mass is 35.5. The van der Waals surface area contributed by atoms with Crippen molar-refractivity contribution in [1.29, 1.82) is 0 Å². The first-order chi connectivity index (χ1) is 13.8. The standard InChI is InChI=1S/C25H32ClNO2/c1-17(2)16-29-23-18(3)14-22(15-19(23)4)27-24(28)25(12-6-5-7-13-25)20-8-10-21(26)11-9-20/h8-11,14-15,17H,5-7,12-13,16H2,1-4H3,(H,27,28). The van der Waals surface area contributed by atoms with Crippen LogP contribution in [0.4, 0.5) is 5.69 Å². The number of rotatable bonds is 6. The largest absolute Gasteiger partial charge is 0.493 e. The molecule has 1 saturated carbocycles. The average Bonchev–Trinajstić information content (AvgIpc) is 2.68. The molecule has 3 rings (SSSR count). The third-order valence-electron chi connectivity index (χ3n) is 5.82. The Morgan fingerprint density at radius 3 is 2.21 bits per heavy atom. The van der Waals surface area contributed by atoms with Crippen molar-refractivity contribution in [2.75, 3.05) is 11.9 Å². The summed E-state index contributed by atoms with van der Waals surface area (Å²) in [5.74, 6) is 1.47. The maximum absolute atomic E-state index is 13.5. The fourth-order valence-corrected chi connectivity index (χ4v) is 4.45. The molecular formula is C25H32ClNO2. The maximum atomic E-state index is 13.5. The van der Waals surface area contributed by atoms with Crippen molar-refractivity contribution in [2.45, 2.75) is 65.2 Å². The Kier molecular flexibility index (Phi) is 6.89. The minimum atomic E-state index is -0.489. The number of carbonyl (C=O) groups excluding carboxylic acids is 1. The van der Waals surface area contributed by atoms with Gasteiger partial charge >= 0.3 is 0 Å². The van der Waals surface area contributed by atoms with Crippen LogP contribution in [-0.2, 0) is 10.2 Å². The van der Waals surface area contributed by atoms with Gasteiger partial charge in [0.05, 0.1) is 12.0 Å². The normalized spacial score (nSPS) is 15.9. The lowest BCUT2D eigenvalue weighted by atomic mass is 9.68. The van der Waals surface area contributed by atoms with Gasteiger partial charge in [0.1, 0.15) is 5.75 Å². The third kappa shape index (κ3) is 4.95. The van der Waals surface area contributed by atoms with Crippen LogP contribution in [0.25, 0.3) is 0 Å². The van der Waals surface area contributed by atoms with Crippen LogP contribution >= 0.6 is 11.6 Å². The minimum Gasteiger partial charge on any atom is -0.493 e. The number of hydrogen-bond donors (Lipinski definition) is 1. The van der Waals surface area contributed by atoms with Gasteiger partial charge < -0.3 is 10.1 Å². The predicted octanol–water partition coefficient (Wildman–Crippen LogP) is 6.83. The van der Waals surface area contributed by atoms with Gasteiger partial charge in [-0.25, -0.2) is 0 Å². The summed E-state index contributed by atoms with van der Waals surface area (Å²) in [7, 11) is 0. The topological polar surface area (TPSA) is 38.3 Å². The Morgan fingerprint density at radius 1 is 1.07 bits per heavy atom. The van der Waals surface area contributed by atoms with Crippen LogP contribution in [0.1, 0.15) is 62.6 Å². The summed E-state index contributed by atoms with van der Waals surface area (Å²) in [4.78, 5) is 13.5. The number of carbonyl (C=O) groups is 1. The molecule has 1 fully saturated rings. The van der Waals surface area contributed by atoms with Crippen LogP contribution in [0.15, 0.2) is 36.4 Å². The van der Waals surface area contributed by atoms with Crippen molar-refractivity contribution in [3.63, 3.8) is 0 Å². The molecule has 1 N–H and O–H groups in total. The van der Waals surface area contributed by atoms with Gasteiger partial charge in [-0.1, -0.05) is 56.8 Å². The molecule has 0 saturated heterocycles. The molecule has 2 aromatic carbocycles. The van der Waals surface area contributed by atoms with Crippen LogP contribution < -0.4 is 10.1 Å². The number of benzene rings is 2. The fraction of sp³-hybridized carbons (Fsp3) is 0.480. The van der Waals surface area contributed by atoms with Crippen LogP contribution in [0.3, 0.4) is 0 Å². The van der Waals surface area contributed by atoms with Crippen molar-refractivity contribution in [3.05, 3.63) is 58.1 Å². The molecule has 0 radical (unpaired) electrons. The van der Waals surface area contributed by atoms with Crippen LogP contribution in [-0.4, -0.2) is 12.5 Å². The van der Waals surface area contributed by atoms with E-state index in [2.05, 4.69) is 19.2 Å². The quantitative estimate of drug-likeness (QED) is 0.563. The summed E-state index contributed by atoms with van der Waals surface area (Å²) in [6, 6.07) is 11.8. The van der Waals surface area contributed by atoms with E-state index in [0.29, 0.717) is 17.5 Å². The lowest BCUT2D eigenvalue weighted by Crippen LogP contribution is -2.42. The molecule has 0 bridgehead atoms. The fourth-order valence-electron chi connectivity index (χ4n) is 4.32. The smallest absolute Gasteiger partial charge is 0.235 e. The number of halogens is 1. The molecule has 1 amide bonds. The summed E-state index contributed by atoms with van der Waals surface area (Å²) >= 11 is 6.09. The van der Waals surface area contributed by atoms with E-state index in [1.807, 2.05) is 50.2 Å². The number of amides is 1. The molecule has 1 aliphatic carbocycles. The lowest BCUT2D eigenvalue weighted by Gasteiger charge is -2.36. The number of nitrogens with one attached hydrogen (secondary N) is 1. The highest BCUT2D eigenvalue weighted by Gasteiger charge is 2.41. The molecule has 0 spiro atoms. The van der Waals surface area contributed by atoms with Crippen LogP contribution in [0.2, 0.25) is 5.02 Å². The van der Waals surface area contributed by atoms with Crippen molar-refractivity contribution < 1.29 is 9.53 Å². The van der Waals surface area contributed by atoms with Crippen molar-refractivity contribution in [2.24, 2.45) is 5.92 Å². The van der Waals surface area contributed by atoms with E-state index in [1.54, 1.807) is 0 Å². The van der Waals surface area contributed by atoms with E-state index in [1.165, 1.54) is 6.42 Å². The zero-order chi connectivity index (χ0) is 21.0. The minimum absolute atomic E-state index is 0.0779. The molecule has 0 aliphatic heterocycles. The highest BCUT2D eigenvalue weighted by molar-refractivity contribution is 6.30. The number of ether oxygens (including phenoxy) is 1. The Labute approximate surface area is 179 Å². The second-order valence-electron chi connectivity index (χ2n) is 8.75. The summed E-state index contributed by atoms with van der Waals surface area (Å²) in [5, 5.41) is 3.91. The summed E-state index contributed by atoms with van der Waals surface area (Å²) < 4.78 is 5.98. The van der Waals surface area contributed by atoms with E-state index in [0.717, 1.165) is 53.8 Å². The first-order valence-electron chi connectivity index (χ1n) is 10.6. The molecule has 4 heteroatoms. The Balaban J connectivity index is 1.85. The van der Waals surface area contributed by atoms with Gasteiger partial charge in [0.2, 0.25) is 5.91 Å². The van der Waals surface area contributed by atoms with Crippen molar-refractivity contribution >= 4 is 23.2 Å². The zero-order valence-corrected chi connectivity index (χ0v) is 18.7. The number of aryl methyl sites for hydroxylation is 2. The van der Waals surface area contributed by atoms with Gasteiger partial charge in [0.25, 0.3) is 0 Å². The molecule has 0 aromatic heterocycles. The Morgan fingerprint density at radius 2 is 1.66 bits per heavy atom. The van der Waals surface area contributed by atoms with Gasteiger partial charge in [-0.05, 0) is 73.6 Å². The van der Waals surface area contributed by atoms with Crippen LogP contribution in [0, 0.1) is 19.8 Å².